The second-order valence-corrected chi connectivity index (χ2v) is 8.82. The molecule has 0 aliphatic carbocycles. The van der Waals surface area contributed by atoms with E-state index in [0.29, 0.717) is 28.5 Å². The fraction of sp³-hybridized carbons (Fsp3) is 0.214. The number of halogens is 1. The predicted molar refractivity (Wildman–Crippen MR) is 138 cm³/mol. The number of hydrogen-bond donors (Lipinski definition) is 1. The maximum absolute atomic E-state index is 13.4. The van der Waals surface area contributed by atoms with Gasteiger partial charge in [-0.25, -0.2) is 0 Å². The standard InChI is InChI=1S/C28H26ClNO6/c1-16(2)36-18-11-9-17(10-12-18)30-25(20-7-5-6-8-23(20)35-4)24(27(32)28(30)33)26(31)21-15-19(34-3)13-14-22(21)29/h5-16,25,31H,1-4H3/b26-24+. The van der Waals surface area contributed by atoms with Crippen LogP contribution in [0.15, 0.2) is 72.3 Å². The molecule has 1 heterocycles. The summed E-state index contributed by atoms with van der Waals surface area (Å²) < 4.78 is 16.5. The van der Waals surface area contributed by atoms with Gasteiger partial charge in [0.25, 0.3) is 11.7 Å². The van der Waals surface area contributed by atoms with Crippen molar-refractivity contribution in [1.29, 1.82) is 0 Å². The van der Waals surface area contributed by atoms with E-state index < -0.39 is 23.5 Å². The normalized spacial score (nSPS) is 16.9. The highest BCUT2D eigenvalue weighted by atomic mass is 35.5. The number of aliphatic hydroxyl groups is 1. The number of amides is 1. The van der Waals surface area contributed by atoms with Gasteiger partial charge in [-0.1, -0.05) is 29.8 Å². The minimum absolute atomic E-state index is 0.0220. The molecule has 0 aromatic heterocycles. The van der Waals surface area contributed by atoms with Crippen molar-refractivity contribution < 1.29 is 28.9 Å². The number of nitrogens with zero attached hydrogens (tertiary/aromatic N) is 1. The van der Waals surface area contributed by atoms with Gasteiger partial charge in [0.2, 0.25) is 0 Å². The Hall–Kier alpha value is -3.97. The molecule has 36 heavy (non-hydrogen) atoms. The first-order valence-electron chi connectivity index (χ1n) is 11.3. The monoisotopic (exact) mass is 507 g/mol. The molecule has 1 aliphatic heterocycles. The van der Waals surface area contributed by atoms with Crippen LogP contribution in [-0.4, -0.2) is 37.1 Å². The van der Waals surface area contributed by atoms with Crippen molar-refractivity contribution in [3.63, 3.8) is 0 Å². The van der Waals surface area contributed by atoms with Crippen LogP contribution in [0.3, 0.4) is 0 Å². The Kier molecular flexibility index (Phi) is 7.22. The molecule has 7 nitrogen and oxygen atoms in total. The average Bonchev–Trinajstić information content (AvgIpc) is 3.14. The molecule has 4 rings (SSSR count). The van der Waals surface area contributed by atoms with Gasteiger partial charge in [-0.05, 0) is 62.4 Å². The summed E-state index contributed by atoms with van der Waals surface area (Å²) in [4.78, 5) is 28.2. The van der Waals surface area contributed by atoms with E-state index in [0.717, 1.165) is 0 Å². The summed E-state index contributed by atoms with van der Waals surface area (Å²) in [6.07, 6.45) is -0.0220. The zero-order valence-electron chi connectivity index (χ0n) is 20.3. The Morgan fingerprint density at radius 2 is 1.61 bits per heavy atom. The van der Waals surface area contributed by atoms with E-state index in [1.807, 2.05) is 13.8 Å². The van der Waals surface area contributed by atoms with Crippen LogP contribution in [0.1, 0.15) is 31.0 Å². The molecule has 1 fully saturated rings. The molecule has 1 atom stereocenters. The summed E-state index contributed by atoms with van der Waals surface area (Å²) in [6.45, 7) is 3.83. The Morgan fingerprint density at radius 3 is 2.25 bits per heavy atom. The molecular weight excluding hydrogens is 482 g/mol. The third-order valence-electron chi connectivity index (χ3n) is 5.79. The number of ether oxygens (including phenoxy) is 3. The van der Waals surface area contributed by atoms with E-state index in [1.54, 1.807) is 60.7 Å². The van der Waals surface area contributed by atoms with Crippen molar-refractivity contribution in [2.45, 2.75) is 26.0 Å². The summed E-state index contributed by atoms with van der Waals surface area (Å²) in [5.74, 6) is -0.520. The zero-order valence-corrected chi connectivity index (χ0v) is 21.1. The summed E-state index contributed by atoms with van der Waals surface area (Å²) in [6, 6.07) is 17.6. The molecular formula is C28H26ClNO6. The van der Waals surface area contributed by atoms with Gasteiger partial charge in [0.1, 0.15) is 23.0 Å². The SMILES string of the molecule is COc1ccc(Cl)c(/C(O)=C2\C(=O)C(=O)N(c3ccc(OC(C)C)cc3)C2c2ccccc2OC)c1. The fourth-order valence-electron chi connectivity index (χ4n) is 4.20. The van der Waals surface area contributed by atoms with Crippen LogP contribution in [0.5, 0.6) is 17.2 Å². The molecule has 8 heteroatoms. The Balaban J connectivity index is 1.94. The second kappa shape index (κ2) is 10.3. The van der Waals surface area contributed by atoms with E-state index in [2.05, 4.69) is 0 Å². The molecule has 3 aromatic carbocycles. The molecule has 1 N–H and O–H groups in total. The van der Waals surface area contributed by atoms with Crippen molar-refractivity contribution in [3.05, 3.63) is 88.5 Å². The lowest BCUT2D eigenvalue weighted by Crippen LogP contribution is -2.29. The van der Waals surface area contributed by atoms with Gasteiger partial charge in [0.15, 0.2) is 0 Å². The smallest absolute Gasteiger partial charge is 0.300 e. The number of anilines is 1. The number of rotatable bonds is 7. The number of aliphatic hydroxyl groups excluding tert-OH is 1. The largest absolute Gasteiger partial charge is 0.507 e. The summed E-state index contributed by atoms with van der Waals surface area (Å²) in [5.41, 5.74) is 1.05. The maximum atomic E-state index is 13.4. The van der Waals surface area contributed by atoms with Crippen LogP contribution in [0.4, 0.5) is 5.69 Å². The van der Waals surface area contributed by atoms with Crippen LogP contribution in [0, 0.1) is 0 Å². The van der Waals surface area contributed by atoms with E-state index in [4.69, 9.17) is 25.8 Å². The minimum Gasteiger partial charge on any atom is -0.507 e. The lowest BCUT2D eigenvalue weighted by atomic mass is 9.94. The molecule has 1 saturated heterocycles. The number of benzene rings is 3. The third kappa shape index (κ3) is 4.62. The first-order chi connectivity index (χ1) is 17.3. The van der Waals surface area contributed by atoms with Crippen LogP contribution in [0.25, 0.3) is 5.76 Å². The average molecular weight is 508 g/mol. The molecule has 1 unspecified atom stereocenters. The highest BCUT2D eigenvalue weighted by Gasteiger charge is 2.48. The topological polar surface area (TPSA) is 85.3 Å². The summed E-state index contributed by atoms with van der Waals surface area (Å²) >= 11 is 6.38. The molecule has 1 amide bonds. The Bertz CT molecular complexity index is 1330. The van der Waals surface area contributed by atoms with Crippen LogP contribution < -0.4 is 19.1 Å². The Morgan fingerprint density at radius 1 is 0.944 bits per heavy atom. The molecule has 1 aliphatic rings. The highest BCUT2D eigenvalue weighted by Crippen LogP contribution is 2.46. The molecule has 0 bridgehead atoms. The van der Waals surface area contributed by atoms with Gasteiger partial charge in [-0.15, -0.1) is 0 Å². The number of hydrogen-bond acceptors (Lipinski definition) is 6. The van der Waals surface area contributed by atoms with E-state index in [1.165, 1.54) is 25.2 Å². The fourth-order valence-corrected chi connectivity index (χ4v) is 4.41. The molecule has 3 aromatic rings. The van der Waals surface area contributed by atoms with Crippen LogP contribution in [0.2, 0.25) is 5.02 Å². The van der Waals surface area contributed by atoms with Gasteiger partial charge in [-0.2, -0.15) is 0 Å². The number of para-hydroxylation sites is 1. The highest BCUT2D eigenvalue weighted by molar-refractivity contribution is 6.52. The number of carbonyl (C=O) groups excluding carboxylic acids is 2. The van der Waals surface area contributed by atoms with E-state index in [-0.39, 0.29) is 22.3 Å². The number of ketones is 1. The number of Topliss-reactive ketones (excluding diaryl/α,β-unsaturated/α-hetero) is 1. The second-order valence-electron chi connectivity index (χ2n) is 8.42. The Labute approximate surface area is 214 Å². The predicted octanol–water partition coefficient (Wildman–Crippen LogP) is 5.77. The molecule has 186 valence electrons. The first-order valence-corrected chi connectivity index (χ1v) is 11.7. The summed E-state index contributed by atoms with van der Waals surface area (Å²) in [5, 5.41) is 11.6. The third-order valence-corrected chi connectivity index (χ3v) is 6.12. The van der Waals surface area contributed by atoms with Crippen molar-refractivity contribution in [2.75, 3.05) is 19.1 Å². The van der Waals surface area contributed by atoms with Gasteiger partial charge in [-0.3, -0.25) is 14.5 Å². The van der Waals surface area contributed by atoms with Gasteiger partial charge in [0.05, 0.1) is 37.0 Å². The van der Waals surface area contributed by atoms with Gasteiger partial charge < -0.3 is 19.3 Å². The lowest BCUT2D eigenvalue weighted by Gasteiger charge is -2.27. The van der Waals surface area contributed by atoms with Crippen molar-refractivity contribution in [3.8, 4) is 17.2 Å². The minimum atomic E-state index is -0.972. The van der Waals surface area contributed by atoms with Crippen molar-refractivity contribution in [2.24, 2.45) is 0 Å². The van der Waals surface area contributed by atoms with Crippen molar-refractivity contribution >= 4 is 34.7 Å². The van der Waals surface area contributed by atoms with Gasteiger partial charge >= 0.3 is 0 Å². The summed E-state index contributed by atoms with van der Waals surface area (Å²) in [7, 11) is 2.98. The van der Waals surface area contributed by atoms with Crippen molar-refractivity contribution in [1.82, 2.24) is 0 Å². The number of carbonyl (C=O) groups is 2. The van der Waals surface area contributed by atoms with Crippen LogP contribution >= 0.6 is 11.6 Å². The quantitative estimate of drug-likeness (QED) is 0.248. The first kappa shape index (κ1) is 25.1. The van der Waals surface area contributed by atoms with Crippen LogP contribution in [-0.2, 0) is 9.59 Å². The molecule has 0 saturated carbocycles. The number of methoxy groups -OCH3 is 2. The lowest BCUT2D eigenvalue weighted by molar-refractivity contribution is -0.132. The van der Waals surface area contributed by atoms with Gasteiger partial charge in [0, 0.05) is 16.8 Å². The molecule has 0 spiro atoms. The van der Waals surface area contributed by atoms with E-state index in [9.17, 15) is 14.7 Å². The zero-order chi connectivity index (χ0) is 26.0. The van der Waals surface area contributed by atoms with E-state index >= 15 is 0 Å². The maximum Gasteiger partial charge on any atom is 0.300 e. The molecule has 0 radical (unpaired) electrons.